The standard InChI is InChI=1S/C14H14N4O/c1-8-9(2)17-18-13(8)16-14(19)12-7-10-5-3-4-6-11(10)15-12/h3-7,15H,1-2H3,(H2,16,17,18,19). The highest BCUT2D eigenvalue weighted by molar-refractivity contribution is 6.05. The van der Waals surface area contributed by atoms with Crippen molar-refractivity contribution in [3.05, 3.63) is 47.3 Å². The van der Waals surface area contributed by atoms with Crippen LogP contribution in [0.2, 0.25) is 0 Å². The zero-order valence-corrected chi connectivity index (χ0v) is 10.7. The number of H-pyrrole nitrogens is 2. The molecule has 0 fully saturated rings. The van der Waals surface area contributed by atoms with Crippen molar-refractivity contribution in [1.82, 2.24) is 15.2 Å². The normalized spacial score (nSPS) is 10.8. The molecule has 1 aromatic carbocycles. The summed E-state index contributed by atoms with van der Waals surface area (Å²) in [6.07, 6.45) is 0. The lowest BCUT2D eigenvalue weighted by Crippen LogP contribution is -2.13. The first-order valence-electron chi connectivity index (χ1n) is 6.06. The van der Waals surface area contributed by atoms with Crippen LogP contribution in [-0.2, 0) is 0 Å². The van der Waals surface area contributed by atoms with Crippen molar-refractivity contribution in [2.45, 2.75) is 13.8 Å². The first-order chi connectivity index (χ1) is 9.15. The second kappa shape index (κ2) is 4.28. The van der Waals surface area contributed by atoms with Crippen molar-refractivity contribution in [3.8, 4) is 0 Å². The lowest BCUT2D eigenvalue weighted by atomic mass is 10.2. The van der Waals surface area contributed by atoms with Gasteiger partial charge in [-0.15, -0.1) is 0 Å². The largest absolute Gasteiger partial charge is 0.351 e. The minimum atomic E-state index is -0.189. The third-order valence-corrected chi connectivity index (χ3v) is 3.26. The van der Waals surface area contributed by atoms with Crippen molar-refractivity contribution in [2.75, 3.05) is 5.32 Å². The van der Waals surface area contributed by atoms with E-state index in [1.165, 1.54) is 0 Å². The molecule has 2 aromatic heterocycles. The molecule has 0 saturated heterocycles. The molecule has 2 heterocycles. The van der Waals surface area contributed by atoms with Gasteiger partial charge in [-0.3, -0.25) is 9.89 Å². The number of benzene rings is 1. The number of fused-ring (bicyclic) bond motifs is 1. The number of aromatic amines is 2. The zero-order valence-electron chi connectivity index (χ0n) is 10.7. The van der Waals surface area contributed by atoms with Crippen LogP contribution < -0.4 is 5.32 Å². The maximum atomic E-state index is 12.1. The molecule has 96 valence electrons. The maximum absolute atomic E-state index is 12.1. The number of anilines is 1. The van der Waals surface area contributed by atoms with Gasteiger partial charge in [0.2, 0.25) is 0 Å². The average molecular weight is 254 g/mol. The fourth-order valence-corrected chi connectivity index (χ4v) is 1.98. The molecule has 5 heteroatoms. The lowest BCUT2D eigenvalue weighted by Gasteiger charge is -2.00. The number of aryl methyl sites for hydroxylation is 1. The van der Waals surface area contributed by atoms with Gasteiger partial charge in [-0.2, -0.15) is 5.10 Å². The van der Waals surface area contributed by atoms with Gasteiger partial charge in [-0.1, -0.05) is 18.2 Å². The molecule has 0 radical (unpaired) electrons. The number of aromatic nitrogens is 3. The van der Waals surface area contributed by atoms with Gasteiger partial charge in [0.25, 0.3) is 5.91 Å². The van der Waals surface area contributed by atoms with E-state index in [0.717, 1.165) is 22.2 Å². The topological polar surface area (TPSA) is 73.6 Å². The highest BCUT2D eigenvalue weighted by atomic mass is 16.2. The highest BCUT2D eigenvalue weighted by Crippen LogP contribution is 2.18. The van der Waals surface area contributed by atoms with Crippen molar-refractivity contribution in [1.29, 1.82) is 0 Å². The molecule has 0 aliphatic heterocycles. The van der Waals surface area contributed by atoms with Crippen LogP contribution in [0, 0.1) is 13.8 Å². The smallest absolute Gasteiger partial charge is 0.273 e. The fourth-order valence-electron chi connectivity index (χ4n) is 1.98. The SMILES string of the molecule is Cc1[nH]nc(NC(=O)c2cc3ccccc3[nH]2)c1C. The maximum Gasteiger partial charge on any atom is 0.273 e. The van der Waals surface area contributed by atoms with E-state index in [2.05, 4.69) is 20.5 Å². The van der Waals surface area contributed by atoms with Gasteiger partial charge in [0.15, 0.2) is 5.82 Å². The van der Waals surface area contributed by atoms with Crippen LogP contribution in [0.1, 0.15) is 21.7 Å². The Balaban J connectivity index is 1.89. The molecular formula is C14H14N4O. The van der Waals surface area contributed by atoms with Gasteiger partial charge in [0, 0.05) is 22.2 Å². The van der Waals surface area contributed by atoms with Crippen LogP contribution in [-0.4, -0.2) is 21.1 Å². The number of rotatable bonds is 2. The number of carbonyl (C=O) groups excluding carboxylic acids is 1. The molecule has 1 amide bonds. The average Bonchev–Trinajstić information content (AvgIpc) is 2.97. The predicted octanol–water partition coefficient (Wildman–Crippen LogP) is 2.76. The zero-order chi connectivity index (χ0) is 13.4. The van der Waals surface area contributed by atoms with Crippen molar-refractivity contribution in [2.24, 2.45) is 0 Å². The summed E-state index contributed by atoms with van der Waals surface area (Å²) in [6, 6.07) is 9.61. The van der Waals surface area contributed by atoms with Crippen LogP contribution in [0.15, 0.2) is 30.3 Å². The van der Waals surface area contributed by atoms with Crippen LogP contribution in [0.25, 0.3) is 10.9 Å². The molecule has 19 heavy (non-hydrogen) atoms. The van der Waals surface area contributed by atoms with Gasteiger partial charge < -0.3 is 10.3 Å². The van der Waals surface area contributed by atoms with Crippen LogP contribution in [0.4, 0.5) is 5.82 Å². The molecule has 0 unspecified atom stereocenters. The van der Waals surface area contributed by atoms with Gasteiger partial charge in [-0.25, -0.2) is 0 Å². The van der Waals surface area contributed by atoms with E-state index < -0.39 is 0 Å². The Bertz CT molecular complexity index is 721. The molecule has 0 aliphatic rings. The predicted molar refractivity (Wildman–Crippen MR) is 74.3 cm³/mol. The van der Waals surface area contributed by atoms with Crippen LogP contribution in [0.3, 0.4) is 0 Å². The number of carbonyl (C=O) groups is 1. The minimum absolute atomic E-state index is 0.189. The third-order valence-electron chi connectivity index (χ3n) is 3.26. The number of amides is 1. The summed E-state index contributed by atoms with van der Waals surface area (Å²) in [4.78, 5) is 15.2. The van der Waals surface area contributed by atoms with E-state index in [1.54, 1.807) is 0 Å². The highest BCUT2D eigenvalue weighted by Gasteiger charge is 2.13. The quantitative estimate of drug-likeness (QED) is 0.658. The van der Waals surface area contributed by atoms with Gasteiger partial charge in [-0.05, 0) is 26.0 Å². The second-order valence-electron chi connectivity index (χ2n) is 4.55. The Labute approximate surface area is 110 Å². The Morgan fingerprint density at radius 3 is 2.74 bits per heavy atom. The Morgan fingerprint density at radius 2 is 2.05 bits per heavy atom. The third kappa shape index (κ3) is 1.99. The van der Waals surface area contributed by atoms with Crippen molar-refractivity contribution in [3.63, 3.8) is 0 Å². The first kappa shape index (κ1) is 11.5. The summed E-state index contributed by atoms with van der Waals surface area (Å²) >= 11 is 0. The Hall–Kier alpha value is -2.56. The molecule has 0 saturated carbocycles. The van der Waals surface area contributed by atoms with Gasteiger partial charge in [0.1, 0.15) is 5.69 Å². The lowest BCUT2D eigenvalue weighted by molar-refractivity contribution is 0.102. The molecule has 5 nitrogen and oxygen atoms in total. The summed E-state index contributed by atoms with van der Waals surface area (Å²) < 4.78 is 0. The van der Waals surface area contributed by atoms with Gasteiger partial charge >= 0.3 is 0 Å². The molecule has 0 atom stereocenters. The van der Waals surface area contributed by atoms with Crippen molar-refractivity contribution < 1.29 is 4.79 Å². The summed E-state index contributed by atoms with van der Waals surface area (Å²) in [5.74, 6) is 0.381. The number of nitrogens with one attached hydrogen (secondary N) is 3. The number of para-hydroxylation sites is 1. The molecule has 0 spiro atoms. The summed E-state index contributed by atoms with van der Waals surface area (Å²) in [6.45, 7) is 3.83. The van der Waals surface area contributed by atoms with E-state index in [9.17, 15) is 4.79 Å². The number of hydrogen-bond acceptors (Lipinski definition) is 2. The monoisotopic (exact) mass is 254 g/mol. The van der Waals surface area contributed by atoms with Crippen molar-refractivity contribution >= 4 is 22.6 Å². The molecular weight excluding hydrogens is 240 g/mol. The minimum Gasteiger partial charge on any atom is -0.351 e. The molecule has 0 bridgehead atoms. The molecule has 3 rings (SSSR count). The molecule has 3 N–H and O–H groups in total. The van der Waals surface area contributed by atoms with Crippen LogP contribution in [0.5, 0.6) is 0 Å². The molecule has 3 aromatic rings. The van der Waals surface area contributed by atoms with E-state index in [4.69, 9.17) is 0 Å². The Kier molecular flexibility index (Phi) is 2.59. The Morgan fingerprint density at radius 1 is 1.26 bits per heavy atom. The first-order valence-corrected chi connectivity index (χ1v) is 6.06. The van der Waals surface area contributed by atoms with E-state index >= 15 is 0 Å². The van der Waals surface area contributed by atoms with Crippen LogP contribution >= 0.6 is 0 Å². The summed E-state index contributed by atoms with van der Waals surface area (Å²) in [5.41, 5.74) is 3.38. The second-order valence-corrected chi connectivity index (χ2v) is 4.55. The van der Waals surface area contributed by atoms with E-state index in [-0.39, 0.29) is 5.91 Å². The fraction of sp³-hybridized carbons (Fsp3) is 0.143. The van der Waals surface area contributed by atoms with E-state index in [1.807, 2.05) is 44.2 Å². The van der Waals surface area contributed by atoms with E-state index in [0.29, 0.717) is 11.5 Å². The number of nitrogens with zero attached hydrogens (tertiary/aromatic N) is 1. The molecule has 0 aliphatic carbocycles. The summed E-state index contributed by atoms with van der Waals surface area (Å²) in [5, 5.41) is 10.7. The van der Waals surface area contributed by atoms with Gasteiger partial charge in [0.05, 0.1) is 0 Å². The summed E-state index contributed by atoms with van der Waals surface area (Å²) in [7, 11) is 0. The number of hydrogen-bond donors (Lipinski definition) is 3.